The fourth-order valence-corrected chi connectivity index (χ4v) is 2.52. The van der Waals surface area contributed by atoms with Gasteiger partial charge >= 0.3 is 12.0 Å². The second-order valence-corrected chi connectivity index (χ2v) is 4.80. The summed E-state index contributed by atoms with van der Waals surface area (Å²) in [6.45, 7) is 0.172. The highest BCUT2D eigenvalue weighted by atomic mass is 16.4. The van der Waals surface area contributed by atoms with Crippen molar-refractivity contribution >= 4 is 34.5 Å². The molecule has 0 spiro atoms. The summed E-state index contributed by atoms with van der Waals surface area (Å²) in [7, 11) is 0. The SMILES string of the molecule is O=C(O)Cn1ccc2c(N3CCC(=O)NC3=O)cccc21. The number of hydrogen-bond donors (Lipinski definition) is 2. The Kier molecular flexibility index (Phi) is 3.09. The zero-order chi connectivity index (χ0) is 15.0. The Balaban J connectivity index is 2.03. The molecule has 0 bridgehead atoms. The molecule has 1 aromatic carbocycles. The molecule has 1 fully saturated rings. The quantitative estimate of drug-likeness (QED) is 0.886. The van der Waals surface area contributed by atoms with Crippen LogP contribution in [0.2, 0.25) is 0 Å². The van der Waals surface area contributed by atoms with Gasteiger partial charge in [0, 0.05) is 24.5 Å². The van der Waals surface area contributed by atoms with Gasteiger partial charge in [0.05, 0.1) is 11.2 Å². The number of nitrogens with one attached hydrogen (secondary N) is 1. The van der Waals surface area contributed by atoms with Crippen LogP contribution in [0.1, 0.15) is 6.42 Å². The van der Waals surface area contributed by atoms with E-state index in [9.17, 15) is 14.4 Å². The van der Waals surface area contributed by atoms with E-state index in [0.29, 0.717) is 12.2 Å². The number of aromatic nitrogens is 1. The fourth-order valence-electron chi connectivity index (χ4n) is 2.52. The Labute approximate surface area is 119 Å². The van der Waals surface area contributed by atoms with Gasteiger partial charge in [0.15, 0.2) is 0 Å². The van der Waals surface area contributed by atoms with Gasteiger partial charge in [-0.1, -0.05) is 6.07 Å². The number of hydrogen-bond acceptors (Lipinski definition) is 3. The molecular formula is C14H13N3O4. The van der Waals surface area contributed by atoms with Crippen molar-refractivity contribution in [2.75, 3.05) is 11.4 Å². The first-order valence-electron chi connectivity index (χ1n) is 6.47. The van der Waals surface area contributed by atoms with Crippen LogP contribution in [0.25, 0.3) is 10.9 Å². The Morgan fingerprint density at radius 2 is 2.10 bits per heavy atom. The van der Waals surface area contributed by atoms with E-state index < -0.39 is 12.0 Å². The molecule has 1 aliphatic heterocycles. The number of rotatable bonds is 3. The highest BCUT2D eigenvalue weighted by molar-refractivity contribution is 6.09. The lowest BCUT2D eigenvalue weighted by molar-refractivity contribution is -0.137. The van der Waals surface area contributed by atoms with Crippen LogP contribution in [0, 0.1) is 0 Å². The van der Waals surface area contributed by atoms with Crippen molar-refractivity contribution in [2.24, 2.45) is 0 Å². The molecule has 0 unspecified atom stereocenters. The molecule has 1 aliphatic rings. The highest BCUT2D eigenvalue weighted by Crippen LogP contribution is 2.28. The number of anilines is 1. The molecule has 1 aromatic heterocycles. The molecule has 108 valence electrons. The number of carboxylic acid groups (broad SMARTS) is 1. The molecule has 2 aromatic rings. The Morgan fingerprint density at radius 1 is 1.29 bits per heavy atom. The molecule has 1 saturated heterocycles. The minimum atomic E-state index is -0.931. The van der Waals surface area contributed by atoms with E-state index in [1.54, 1.807) is 35.0 Å². The second-order valence-electron chi connectivity index (χ2n) is 4.80. The first-order chi connectivity index (χ1) is 10.1. The van der Waals surface area contributed by atoms with Crippen LogP contribution in [-0.4, -0.2) is 34.1 Å². The highest BCUT2D eigenvalue weighted by Gasteiger charge is 2.25. The lowest BCUT2D eigenvalue weighted by Crippen LogP contribution is -2.49. The largest absolute Gasteiger partial charge is 0.480 e. The van der Waals surface area contributed by atoms with Crippen LogP contribution >= 0.6 is 0 Å². The number of carbonyl (C=O) groups excluding carboxylic acids is 2. The number of carboxylic acids is 1. The van der Waals surface area contributed by atoms with Crippen molar-refractivity contribution in [2.45, 2.75) is 13.0 Å². The lowest BCUT2D eigenvalue weighted by atomic mass is 10.1. The predicted octanol–water partition coefficient (Wildman–Crippen LogP) is 1.17. The van der Waals surface area contributed by atoms with Gasteiger partial charge in [-0.2, -0.15) is 0 Å². The molecule has 0 radical (unpaired) electrons. The van der Waals surface area contributed by atoms with E-state index in [4.69, 9.17) is 5.11 Å². The van der Waals surface area contributed by atoms with Crippen LogP contribution < -0.4 is 10.2 Å². The monoisotopic (exact) mass is 287 g/mol. The van der Waals surface area contributed by atoms with E-state index in [2.05, 4.69) is 5.32 Å². The van der Waals surface area contributed by atoms with Gasteiger partial charge < -0.3 is 9.67 Å². The number of nitrogens with zero attached hydrogens (tertiary/aromatic N) is 2. The predicted molar refractivity (Wildman–Crippen MR) is 75.1 cm³/mol. The first kappa shape index (κ1) is 13.2. The summed E-state index contributed by atoms with van der Waals surface area (Å²) in [6.07, 6.45) is 1.92. The average molecular weight is 287 g/mol. The molecule has 3 rings (SSSR count). The number of imide groups is 1. The molecule has 0 aliphatic carbocycles. The van der Waals surface area contributed by atoms with Gasteiger partial charge in [-0.05, 0) is 18.2 Å². The van der Waals surface area contributed by atoms with Crippen molar-refractivity contribution in [3.63, 3.8) is 0 Å². The third-order valence-corrected chi connectivity index (χ3v) is 3.44. The van der Waals surface area contributed by atoms with E-state index in [-0.39, 0.29) is 18.9 Å². The lowest BCUT2D eigenvalue weighted by Gasteiger charge is -2.27. The first-order valence-corrected chi connectivity index (χ1v) is 6.47. The number of benzene rings is 1. The van der Waals surface area contributed by atoms with E-state index in [1.807, 2.05) is 0 Å². The van der Waals surface area contributed by atoms with Gasteiger partial charge in [-0.25, -0.2) is 4.79 Å². The zero-order valence-electron chi connectivity index (χ0n) is 11.1. The van der Waals surface area contributed by atoms with Crippen LogP contribution in [0.5, 0.6) is 0 Å². The average Bonchev–Trinajstić information content (AvgIpc) is 2.82. The molecule has 0 atom stereocenters. The summed E-state index contributed by atoms with van der Waals surface area (Å²) in [6, 6.07) is 6.67. The number of fused-ring (bicyclic) bond motifs is 1. The van der Waals surface area contributed by atoms with E-state index >= 15 is 0 Å². The zero-order valence-corrected chi connectivity index (χ0v) is 11.1. The van der Waals surface area contributed by atoms with Gasteiger partial charge in [-0.3, -0.25) is 19.8 Å². The third kappa shape index (κ3) is 2.33. The number of carbonyl (C=O) groups is 3. The van der Waals surface area contributed by atoms with Crippen LogP contribution in [-0.2, 0) is 16.1 Å². The number of aliphatic carboxylic acids is 1. The van der Waals surface area contributed by atoms with Crippen molar-refractivity contribution < 1.29 is 19.5 Å². The summed E-state index contributed by atoms with van der Waals surface area (Å²) in [5, 5.41) is 12.0. The molecule has 0 saturated carbocycles. The van der Waals surface area contributed by atoms with Crippen molar-refractivity contribution in [1.82, 2.24) is 9.88 Å². The molecule has 2 heterocycles. The van der Waals surface area contributed by atoms with Gasteiger partial charge in [0.1, 0.15) is 6.54 Å². The van der Waals surface area contributed by atoms with Crippen molar-refractivity contribution in [1.29, 1.82) is 0 Å². The summed E-state index contributed by atoms with van der Waals surface area (Å²) >= 11 is 0. The normalized spacial score (nSPS) is 15.3. The van der Waals surface area contributed by atoms with Crippen LogP contribution in [0.4, 0.5) is 10.5 Å². The van der Waals surface area contributed by atoms with Crippen LogP contribution in [0.3, 0.4) is 0 Å². The van der Waals surface area contributed by atoms with E-state index in [1.165, 1.54) is 4.90 Å². The smallest absolute Gasteiger partial charge is 0.328 e. The van der Waals surface area contributed by atoms with Gasteiger partial charge in [0.25, 0.3) is 0 Å². The Morgan fingerprint density at radius 3 is 2.81 bits per heavy atom. The number of amides is 3. The molecule has 7 heteroatoms. The van der Waals surface area contributed by atoms with E-state index in [0.717, 1.165) is 10.9 Å². The maximum atomic E-state index is 11.9. The van der Waals surface area contributed by atoms with Crippen molar-refractivity contribution in [3.05, 3.63) is 30.5 Å². The molecular weight excluding hydrogens is 274 g/mol. The summed E-state index contributed by atoms with van der Waals surface area (Å²) < 4.78 is 1.61. The summed E-state index contributed by atoms with van der Waals surface area (Å²) in [4.78, 5) is 35.5. The maximum Gasteiger partial charge on any atom is 0.328 e. The molecule has 2 N–H and O–H groups in total. The molecule has 3 amide bonds. The fraction of sp³-hybridized carbons (Fsp3) is 0.214. The number of urea groups is 1. The standard InChI is InChI=1S/C14H13N3O4/c18-12-5-7-17(14(21)15-12)11-3-1-2-10-9(11)4-6-16(10)8-13(19)20/h1-4,6H,5,7-8H2,(H,19,20)(H,15,18,21). The minimum Gasteiger partial charge on any atom is -0.480 e. The van der Waals surface area contributed by atoms with Gasteiger partial charge in [-0.15, -0.1) is 0 Å². The second kappa shape index (κ2) is 4.93. The maximum absolute atomic E-state index is 11.9. The summed E-state index contributed by atoms with van der Waals surface area (Å²) in [5.74, 6) is -1.22. The summed E-state index contributed by atoms with van der Waals surface area (Å²) in [5.41, 5.74) is 1.40. The Hall–Kier alpha value is -2.83. The van der Waals surface area contributed by atoms with Crippen LogP contribution in [0.15, 0.2) is 30.5 Å². The topological polar surface area (TPSA) is 91.6 Å². The van der Waals surface area contributed by atoms with Gasteiger partial charge in [0.2, 0.25) is 5.91 Å². The third-order valence-electron chi connectivity index (χ3n) is 3.44. The minimum absolute atomic E-state index is 0.141. The molecule has 7 nitrogen and oxygen atoms in total. The van der Waals surface area contributed by atoms with Crippen molar-refractivity contribution in [3.8, 4) is 0 Å². The molecule has 21 heavy (non-hydrogen) atoms. The Bertz CT molecular complexity index is 750.